The van der Waals surface area contributed by atoms with Crippen molar-refractivity contribution in [2.75, 3.05) is 38.2 Å². The average Bonchev–Trinajstić information content (AvgIpc) is 3.26. The van der Waals surface area contributed by atoms with Gasteiger partial charge in [-0.05, 0) is 34.5 Å². The number of anilines is 1. The van der Waals surface area contributed by atoms with Crippen molar-refractivity contribution in [3.63, 3.8) is 0 Å². The van der Waals surface area contributed by atoms with E-state index in [1.165, 1.54) is 5.39 Å². The van der Waals surface area contributed by atoms with Crippen LogP contribution in [-0.2, 0) is 6.54 Å². The number of aliphatic imine (C=N–C) groups is 1. The topological polar surface area (TPSA) is 67.0 Å². The Morgan fingerprint density at radius 3 is 2.67 bits per heavy atom. The number of benzene rings is 2. The summed E-state index contributed by atoms with van der Waals surface area (Å²) in [5, 5.41) is 5.43. The van der Waals surface area contributed by atoms with E-state index in [9.17, 15) is 0 Å². The summed E-state index contributed by atoms with van der Waals surface area (Å²) in [5.41, 5.74) is 7.39. The van der Waals surface area contributed by atoms with Crippen molar-refractivity contribution in [2.45, 2.75) is 6.54 Å². The highest BCUT2D eigenvalue weighted by Crippen LogP contribution is 2.22. The Hall–Kier alpha value is -2.80. The molecule has 3 aromatic rings. The van der Waals surface area contributed by atoms with Gasteiger partial charge in [0.15, 0.2) is 11.1 Å². The Morgan fingerprint density at radius 2 is 1.93 bits per heavy atom. The molecule has 0 radical (unpaired) electrons. The van der Waals surface area contributed by atoms with Crippen LogP contribution in [0.3, 0.4) is 0 Å². The zero-order valence-corrected chi connectivity index (χ0v) is 16.2. The molecular formula is C20H23N5OS. The summed E-state index contributed by atoms with van der Waals surface area (Å²) in [5.74, 6) is 1.48. The van der Waals surface area contributed by atoms with Crippen molar-refractivity contribution in [3.8, 4) is 5.75 Å². The summed E-state index contributed by atoms with van der Waals surface area (Å²) in [6, 6.07) is 12.4. The molecule has 1 fully saturated rings. The number of rotatable bonds is 4. The lowest BCUT2D eigenvalue weighted by Crippen LogP contribution is -2.51. The lowest BCUT2D eigenvalue weighted by molar-refractivity contribution is 0.380. The highest BCUT2D eigenvalue weighted by molar-refractivity contribution is 7.13. The molecule has 0 aliphatic carbocycles. The van der Waals surface area contributed by atoms with Crippen molar-refractivity contribution in [1.82, 2.24) is 9.88 Å². The van der Waals surface area contributed by atoms with Crippen molar-refractivity contribution in [3.05, 3.63) is 53.5 Å². The second kappa shape index (κ2) is 7.84. The van der Waals surface area contributed by atoms with Gasteiger partial charge in [0.25, 0.3) is 0 Å². The monoisotopic (exact) mass is 381 g/mol. The SMILES string of the molecule is COc1ccc2cc(CN=C(N)N3CCN(c4nccs4)CC3)ccc2c1. The number of methoxy groups -OCH3 is 1. The summed E-state index contributed by atoms with van der Waals surface area (Å²) in [7, 11) is 1.68. The quantitative estimate of drug-likeness (QED) is 0.556. The standard InChI is InChI=1S/C20H23N5OS/c1-26-18-5-4-16-12-15(2-3-17(16)13-18)14-23-19(21)24-7-9-25(10-8-24)20-22-6-11-27-20/h2-6,11-13H,7-10,14H2,1H3,(H2,21,23). The third kappa shape index (κ3) is 3.98. The van der Waals surface area contributed by atoms with Crippen molar-refractivity contribution in [2.24, 2.45) is 10.7 Å². The van der Waals surface area contributed by atoms with Gasteiger partial charge in [-0.1, -0.05) is 18.2 Å². The Kier molecular flexibility index (Phi) is 5.11. The second-order valence-electron chi connectivity index (χ2n) is 6.51. The molecule has 1 aliphatic rings. The Bertz CT molecular complexity index is 933. The molecule has 4 rings (SSSR count). The van der Waals surface area contributed by atoms with Crippen LogP contribution in [-0.4, -0.2) is 49.1 Å². The van der Waals surface area contributed by atoms with Crippen molar-refractivity contribution < 1.29 is 4.74 Å². The number of thiazole rings is 1. The second-order valence-corrected chi connectivity index (χ2v) is 7.38. The predicted octanol–water partition coefficient (Wildman–Crippen LogP) is 2.94. The fraction of sp³-hybridized carbons (Fsp3) is 0.300. The lowest BCUT2D eigenvalue weighted by atomic mass is 10.1. The molecule has 6 nitrogen and oxygen atoms in total. The normalized spacial score (nSPS) is 15.4. The number of guanidine groups is 1. The molecule has 27 heavy (non-hydrogen) atoms. The van der Waals surface area contributed by atoms with Gasteiger partial charge < -0.3 is 20.3 Å². The van der Waals surface area contributed by atoms with Gasteiger partial charge in [-0.2, -0.15) is 0 Å². The first-order valence-corrected chi connectivity index (χ1v) is 9.87. The van der Waals surface area contributed by atoms with E-state index in [0.29, 0.717) is 12.5 Å². The molecule has 0 spiro atoms. The number of ether oxygens (including phenoxy) is 1. The van der Waals surface area contributed by atoms with E-state index in [1.54, 1.807) is 18.4 Å². The van der Waals surface area contributed by atoms with Crippen LogP contribution in [0.1, 0.15) is 5.56 Å². The summed E-state index contributed by atoms with van der Waals surface area (Å²) in [6.45, 7) is 4.16. The van der Waals surface area contributed by atoms with E-state index < -0.39 is 0 Å². The number of piperazine rings is 1. The third-order valence-electron chi connectivity index (χ3n) is 4.83. The number of fused-ring (bicyclic) bond motifs is 1. The maximum atomic E-state index is 6.24. The van der Waals surface area contributed by atoms with Gasteiger partial charge in [-0.25, -0.2) is 9.98 Å². The highest BCUT2D eigenvalue weighted by atomic mass is 32.1. The molecule has 0 atom stereocenters. The fourth-order valence-corrected chi connectivity index (χ4v) is 3.97. The van der Waals surface area contributed by atoms with Crippen LogP contribution < -0.4 is 15.4 Å². The summed E-state index contributed by atoms with van der Waals surface area (Å²) in [4.78, 5) is 13.4. The van der Waals surface area contributed by atoms with Gasteiger partial charge in [0.2, 0.25) is 0 Å². The Labute approximate surface area is 162 Å². The molecule has 1 aliphatic heterocycles. The van der Waals surface area contributed by atoms with Gasteiger partial charge >= 0.3 is 0 Å². The van der Waals surface area contributed by atoms with E-state index >= 15 is 0 Å². The number of nitrogens with zero attached hydrogens (tertiary/aromatic N) is 4. The van der Waals surface area contributed by atoms with Crippen LogP contribution in [0.25, 0.3) is 10.8 Å². The van der Waals surface area contributed by atoms with Gasteiger partial charge in [0, 0.05) is 37.8 Å². The minimum atomic E-state index is 0.584. The predicted molar refractivity (Wildman–Crippen MR) is 112 cm³/mol. The molecule has 0 amide bonds. The largest absolute Gasteiger partial charge is 0.497 e. The smallest absolute Gasteiger partial charge is 0.191 e. The van der Waals surface area contributed by atoms with Gasteiger partial charge in [-0.3, -0.25) is 0 Å². The van der Waals surface area contributed by atoms with Crippen LogP contribution in [0, 0.1) is 0 Å². The Balaban J connectivity index is 1.38. The number of nitrogens with two attached hydrogens (primary N) is 1. The summed E-state index contributed by atoms with van der Waals surface area (Å²) < 4.78 is 5.28. The molecule has 2 N–H and O–H groups in total. The molecule has 140 valence electrons. The molecule has 0 saturated carbocycles. The highest BCUT2D eigenvalue weighted by Gasteiger charge is 2.19. The van der Waals surface area contributed by atoms with E-state index in [1.807, 2.05) is 23.7 Å². The molecular weight excluding hydrogens is 358 g/mol. The summed E-state index contributed by atoms with van der Waals surface area (Å²) in [6.07, 6.45) is 1.85. The molecule has 0 bridgehead atoms. The van der Waals surface area contributed by atoms with Crippen LogP contribution in [0.5, 0.6) is 5.75 Å². The first-order valence-electron chi connectivity index (χ1n) is 8.99. The molecule has 1 aromatic heterocycles. The maximum Gasteiger partial charge on any atom is 0.191 e. The molecule has 2 heterocycles. The minimum Gasteiger partial charge on any atom is -0.497 e. The molecule has 2 aromatic carbocycles. The minimum absolute atomic E-state index is 0.584. The molecule has 1 saturated heterocycles. The van der Waals surface area contributed by atoms with Crippen molar-refractivity contribution >= 4 is 33.2 Å². The number of hydrogen-bond acceptors (Lipinski definition) is 5. The Morgan fingerprint density at radius 1 is 1.15 bits per heavy atom. The van der Waals surface area contributed by atoms with Crippen LogP contribution >= 0.6 is 11.3 Å². The lowest BCUT2D eigenvalue weighted by Gasteiger charge is -2.35. The first-order chi connectivity index (χ1) is 13.2. The van der Waals surface area contributed by atoms with E-state index in [0.717, 1.165) is 48.0 Å². The summed E-state index contributed by atoms with van der Waals surface area (Å²) >= 11 is 1.68. The van der Waals surface area contributed by atoms with Crippen molar-refractivity contribution in [1.29, 1.82) is 0 Å². The van der Waals surface area contributed by atoms with Gasteiger partial charge in [0.05, 0.1) is 13.7 Å². The number of aromatic nitrogens is 1. The van der Waals surface area contributed by atoms with E-state index in [4.69, 9.17) is 10.5 Å². The first kappa shape index (κ1) is 17.6. The van der Waals surface area contributed by atoms with Crippen LogP contribution in [0.15, 0.2) is 53.0 Å². The zero-order chi connectivity index (χ0) is 18.6. The maximum absolute atomic E-state index is 6.24. The zero-order valence-electron chi connectivity index (χ0n) is 15.3. The fourth-order valence-electron chi connectivity index (χ4n) is 3.27. The third-order valence-corrected chi connectivity index (χ3v) is 5.66. The van der Waals surface area contributed by atoms with Crippen LogP contribution in [0.4, 0.5) is 5.13 Å². The van der Waals surface area contributed by atoms with E-state index in [2.05, 4.69) is 44.0 Å². The molecule has 7 heteroatoms. The average molecular weight is 382 g/mol. The van der Waals surface area contributed by atoms with E-state index in [-0.39, 0.29) is 0 Å². The molecule has 0 unspecified atom stereocenters. The van der Waals surface area contributed by atoms with Crippen LogP contribution in [0.2, 0.25) is 0 Å². The van der Waals surface area contributed by atoms with Gasteiger partial charge in [0.1, 0.15) is 5.75 Å². The number of hydrogen-bond donors (Lipinski definition) is 1. The van der Waals surface area contributed by atoms with Gasteiger partial charge in [-0.15, -0.1) is 11.3 Å².